The predicted molar refractivity (Wildman–Crippen MR) is 70.0 cm³/mol. The molecule has 1 aromatic carbocycles. The fraction of sp³-hybridized carbons (Fsp3) is 0.308. The third-order valence-electron chi connectivity index (χ3n) is 2.83. The number of nitrogens with zero attached hydrogens (tertiary/aromatic N) is 2. The van der Waals surface area contributed by atoms with E-state index in [1.165, 1.54) is 5.56 Å². The van der Waals surface area contributed by atoms with Crippen molar-refractivity contribution < 1.29 is 0 Å². The van der Waals surface area contributed by atoms with E-state index in [1.807, 2.05) is 25.4 Å². The number of aryl methyl sites for hydroxylation is 1. The highest BCUT2D eigenvalue weighted by molar-refractivity contribution is 7.80. The normalized spacial score (nSPS) is 12.6. The first-order valence-corrected chi connectivity index (χ1v) is 6.08. The zero-order chi connectivity index (χ0) is 11.4. The summed E-state index contributed by atoms with van der Waals surface area (Å²) in [5.74, 6) is 2.35. The number of imidazole rings is 1. The Labute approximate surface area is 102 Å². The summed E-state index contributed by atoms with van der Waals surface area (Å²) in [5.41, 5.74) is 1.34. The lowest BCUT2D eigenvalue weighted by Gasteiger charge is -2.16. The number of aromatic nitrogens is 2. The van der Waals surface area contributed by atoms with Crippen molar-refractivity contribution in [3.63, 3.8) is 0 Å². The summed E-state index contributed by atoms with van der Waals surface area (Å²) >= 11 is 4.44. The average molecular weight is 232 g/mol. The summed E-state index contributed by atoms with van der Waals surface area (Å²) < 4.78 is 2.17. The van der Waals surface area contributed by atoms with Gasteiger partial charge in [-0.3, -0.25) is 0 Å². The predicted octanol–water partition coefficient (Wildman–Crippen LogP) is 2.91. The smallest absolute Gasteiger partial charge is 0.105 e. The van der Waals surface area contributed by atoms with Gasteiger partial charge in [0.25, 0.3) is 0 Å². The van der Waals surface area contributed by atoms with Crippen LogP contribution in [-0.2, 0) is 6.54 Å². The molecule has 2 aromatic rings. The molecule has 0 aliphatic rings. The molecule has 0 spiro atoms. The number of benzene rings is 1. The lowest BCUT2D eigenvalue weighted by Crippen LogP contribution is -2.11. The van der Waals surface area contributed by atoms with Gasteiger partial charge in [0, 0.05) is 24.9 Å². The summed E-state index contributed by atoms with van der Waals surface area (Å²) in [6, 6.07) is 10.5. The van der Waals surface area contributed by atoms with E-state index in [2.05, 4.69) is 46.4 Å². The fourth-order valence-corrected chi connectivity index (χ4v) is 2.15. The van der Waals surface area contributed by atoms with E-state index in [4.69, 9.17) is 0 Å². The van der Waals surface area contributed by atoms with E-state index in [0.29, 0.717) is 5.92 Å². The van der Waals surface area contributed by atoms with E-state index in [1.54, 1.807) is 0 Å². The lowest BCUT2D eigenvalue weighted by molar-refractivity contribution is 0.591. The lowest BCUT2D eigenvalue weighted by atomic mass is 10.0. The molecule has 2 nitrogen and oxygen atoms in total. The number of hydrogen-bond acceptors (Lipinski definition) is 2. The van der Waals surface area contributed by atoms with Crippen LogP contribution in [0.3, 0.4) is 0 Å². The molecule has 0 saturated heterocycles. The number of hydrogen-bond donors (Lipinski definition) is 1. The molecule has 0 saturated carbocycles. The molecule has 0 aliphatic heterocycles. The van der Waals surface area contributed by atoms with Crippen LogP contribution in [0.25, 0.3) is 0 Å². The largest absolute Gasteiger partial charge is 0.335 e. The second-order valence-corrected chi connectivity index (χ2v) is 4.28. The molecule has 16 heavy (non-hydrogen) atoms. The molecule has 1 aromatic heterocycles. The van der Waals surface area contributed by atoms with E-state index >= 15 is 0 Å². The van der Waals surface area contributed by atoms with Crippen molar-refractivity contribution in [3.05, 3.63) is 54.1 Å². The Kier molecular flexibility index (Phi) is 3.67. The van der Waals surface area contributed by atoms with Crippen LogP contribution in [0.1, 0.15) is 17.3 Å². The van der Waals surface area contributed by atoms with Crippen molar-refractivity contribution in [3.8, 4) is 0 Å². The second kappa shape index (κ2) is 5.21. The molecule has 0 aliphatic carbocycles. The maximum Gasteiger partial charge on any atom is 0.105 e. The summed E-state index contributed by atoms with van der Waals surface area (Å²) in [4.78, 5) is 4.24. The van der Waals surface area contributed by atoms with Crippen molar-refractivity contribution in [1.29, 1.82) is 0 Å². The summed E-state index contributed by atoms with van der Waals surface area (Å²) in [6.07, 6.45) is 3.87. The van der Waals surface area contributed by atoms with Crippen LogP contribution in [0.4, 0.5) is 0 Å². The monoisotopic (exact) mass is 232 g/mol. The molecule has 1 atom stereocenters. The average Bonchev–Trinajstić information content (AvgIpc) is 2.73. The zero-order valence-electron chi connectivity index (χ0n) is 9.37. The quantitative estimate of drug-likeness (QED) is 0.802. The van der Waals surface area contributed by atoms with Gasteiger partial charge >= 0.3 is 0 Å². The summed E-state index contributed by atoms with van der Waals surface area (Å²) in [7, 11) is 0. The van der Waals surface area contributed by atoms with Gasteiger partial charge in [-0.1, -0.05) is 30.3 Å². The van der Waals surface area contributed by atoms with Crippen LogP contribution in [0.5, 0.6) is 0 Å². The minimum atomic E-state index is 0.442. The molecule has 84 valence electrons. The molecule has 1 heterocycles. The van der Waals surface area contributed by atoms with E-state index < -0.39 is 0 Å². The van der Waals surface area contributed by atoms with Crippen molar-refractivity contribution in [2.45, 2.75) is 19.4 Å². The third-order valence-corrected chi connectivity index (χ3v) is 3.27. The molecule has 0 radical (unpaired) electrons. The van der Waals surface area contributed by atoms with Gasteiger partial charge in [0.1, 0.15) is 5.82 Å². The Morgan fingerprint density at radius 2 is 2.06 bits per heavy atom. The summed E-state index contributed by atoms with van der Waals surface area (Å²) in [6.45, 7) is 2.97. The van der Waals surface area contributed by atoms with Gasteiger partial charge in [0.05, 0.1) is 0 Å². The van der Waals surface area contributed by atoms with Crippen LogP contribution >= 0.6 is 12.6 Å². The van der Waals surface area contributed by atoms with Gasteiger partial charge < -0.3 is 4.57 Å². The van der Waals surface area contributed by atoms with Crippen molar-refractivity contribution >= 4 is 12.6 Å². The van der Waals surface area contributed by atoms with Gasteiger partial charge in [-0.15, -0.1) is 0 Å². The highest BCUT2D eigenvalue weighted by Gasteiger charge is 2.10. The first-order valence-electron chi connectivity index (χ1n) is 5.45. The van der Waals surface area contributed by atoms with Crippen molar-refractivity contribution in [2.24, 2.45) is 0 Å². The van der Waals surface area contributed by atoms with E-state index in [9.17, 15) is 0 Å². The molecule has 1 unspecified atom stereocenters. The minimum absolute atomic E-state index is 0.442. The standard InChI is InChI=1S/C13H16N2S/c1-11-14-7-8-15(11)9-13(10-16)12-5-3-2-4-6-12/h2-8,13,16H,9-10H2,1H3. The topological polar surface area (TPSA) is 17.8 Å². The molecule has 0 N–H and O–H groups in total. The van der Waals surface area contributed by atoms with Crippen molar-refractivity contribution in [2.75, 3.05) is 5.75 Å². The first kappa shape index (κ1) is 11.3. The molecule has 3 heteroatoms. The Bertz CT molecular complexity index is 436. The molecular formula is C13H16N2S. The van der Waals surface area contributed by atoms with Crippen LogP contribution in [0.2, 0.25) is 0 Å². The van der Waals surface area contributed by atoms with E-state index in [-0.39, 0.29) is 0 Å². The van der Waals surface area contributed by atoms with Crippen LogP contribution < -0.4 is 0 Å². The first-order chi connectivity index (χ1) is 7.81. The van der Waals surface area contributed by atoms with Gasteiger partial charge in [0.15, 0.2) is 0 Å². The molecule has 0 fully saturated rings. The molecule has 2 rings (SSSR count). The van der Waals surface area contributed by atoms with Crippen LogP contribution in [0, 0.1) is 6.92 Å². The number of thiol groups is 1. The Morgan fingerprint density at radius 1 is 1.31 bits per heavy atom. The highest BCUT2D eigenvalue weighted by atomic mass is 32.1. The van der Waals surface area contributed by atoms with Crippen molar-refractivity contribution in [1.82, 2.24) is 9.55 Å². The SMILES string of the molecule is Cc1nccn1CC(CS)c1ccccc1. The van der Waals surface area contributed by atoms with Gasteiger partial charge in [-0.25, -0.2) is 4.98 Å². The summed E-state index contributed by atoms with van der Waals surface area (Å²) in [5, 5.41) is 0. The van der Waals surface area contributed by atoms with Gasteiger partial charge in [-0.2, -0.15) is 12.6 Å². The Hall–Kier alpha value is -1.22. The maximum absolute atomic E-state index is 4.44. The Morgan fingerprint density at radius 3 is 2.62 bits per heavy atom. The third kappa shape index (κ3) is 2.47. The van der Waals surface area contributed by atoms with Crippen LogP contribution in [-0.4, -0.2) is 15.3 Å². The van der Waals surface area contributed by atoms with Gasteiger partial charge in [0.2, 0.25) is 0 Å². The minimum Gasteiger partial charge on any atom is -0.335 e. The highest BCUT2D eigenvalue weighted by Crippen LogP contribution is 2.19. The zero-order valence-corrected chi connectivity index (χ0v) is 10.3. The fourth-order valence-electron chi connectivity index (χ4n) is 1.83. The van der Waals surface area contributed by atoms with Crippen LogP contribution in [0.15, 0.2) is 42.7 Å². The van der Waals surface area contributed by atoms with E-state index in [0.717, 1.165) is 18.1 Å². The number of rotatable bonds is 4. The molecule has 0 amide bonds. The Balaban J connectivity index is 2.16. The second-order valence-electron chi connectivity index (χ2n) is 3.92. The molecular weight excluding hydrogens is 216 g/mol. The maximum atomic E-state index is 4.44. The molecule has 0 bridgehead atoms. The van der Waals surface area contributed by atoms with Gasteiger partial charge in [-0.05, 0) is 18.2 Å².